The van der Waals surface area contributed by atoms with Gasteiger partial charge in [0.15, 0.2) is 0 Å². The van der Waals surface area contributed by atoms with Gasteiger partial charge in [0.1, 0.15) is 0 Å². The highest BCUT2D eigenvalue weighted by molar-refractivity contribution is 5.81. The van der Waals surface area contributed by atoms with Gasteiger partial charge in [-0.2, -0.15) is 0 Å². The Morgan fingerprint density at radius 2 is 2.12 bits per heavy atom. The molecule has 0 aromatic rings. The van der Waals surface area contributed by atoms with Crippen molar-refractivity contribution in [3.05, 3.63) is 0 Å². The first-order chi connectivity index (χ1) is 8.19. The third-order valence-electron chi connectivity index (χ3n) is 3.53. The summed E-state index contributed by atoms with van der Waals surface area (Å²) in [7, 11) is 0. The van der Waals surface area contributed by atoms with Crippen LogP contribution in [-0.2, 0) is 4.79 Å². The number of likely N-dealkylation sites (N-methyl/N-ethyl adjacent to an activating group) is 1. The molecule has 0 aliphatic carbocycles. The zero-order valence-electron chi connectivity index (χ0n) is 11.5. The van der Waals surface area contributed by atoms with E-state index in [9.17, 15) is 4.79 Å². The Hall–Kier alpha value is -0.610. The second kappa shape index (κ2) is 7.67. The molecule has 4 heteroatoms. The van der Waals surface area contributed by atoms with E-state index < -0.39 is 0 Å². The fourth-order valence-electron chi connectivity index (χ4n) is 2.31. The highest BCUT2D eigenvalue weighted by Gasteiger charge is 2.19. The van der Waals surface area contributed by atoms with Crippen LogP contribution in [0.5, 0.6) is 0 Å². The summed E-state index contributed by atoms with van der Waals surface area (Å²) in [6.07, 6.45) is 3.81. The molecule has 0 saturated carbocycles. The average molecular weight is 241 g/mol. The topological polar surface area (TPSA) is 44.4 Å². The van der Waals surface area contributed by atoms with Crippen molar-refractivity contribution < 1.29 is 4.79 Å². The molecule has 1 heterocycles. The van der Waals surface area contributed by atoms with Gasteiger partial charge in [-0.15, -0.1) is 0 Å². The number of nitrogens with one attached hydrogen (secondary N) is 2. The lowest BCUT2D eigenvalue weighted by atomic mass is 10.0. The smallest absolute Gasteiger partial charge is 0.239 e. The van der Waals surface area contributed by atoms with Crippen molar-refractivity contribution in [1.82, 2.24) is 15.5 Å². The van der Waals surface area contributed by atoms with E-state index in [2.05, 4.69) is 10.6 Å². The first-order valence-electron chi connectivity index (χ1n) is 6.94. The van der Waals surface area contributed by atoms with Gasteiger partial charge in [-0.1, -0.05) is 6.42 Å². The van der Waals surface area contributed by atoms with Crippen LogP contribution in [0.15, 0.2) is 0 Å². The summed E-state index contributed by atoms with van der Waals surface area (Å²) in [4.78, 5) is 13.9. The molecule has 1 fully saturated rings. The first kappa shape index (κ1) is 14.5. The lowest BCUT2D eigenvalue weighted by Gasteiger charge is -2.27. The standard InChI is InChI=1S/C13H27N3O/c1-4-16(5-2)13(17)11(3)15-10-12-8-6-7-9-14-12/h11-12,14-15H,4-10H2,1-3H3. The predicted molar refractivity (Wildman–Crippen MR) is 71.0 cm³/mol. The van der Waals surface area contributed by atoms with Crippen molar-refractivity contribution >= 4 is 5.91 Å². The van der Waals surface area contributed by atoms with Crippen molar-refractivity contribution in [2.24, 2.45) is 0 Å². The van der Waals surface area contributed by atoms with E-state index in [1.165, 1.54) is 19.3 Å². The maximum Gasteiger partial charge on any atom is 0.239 e. The van der Waals surface area contributed by atoms with Gasteiger partial charge in [0.05, 0.1) is 6.04 Å². The summed E-state index contributed by atoms with van der Waals surface area (Å²) in [6, 6.07) is 0.467. The fraction of sp³-hybridized carbons (Fsp3) is 0.923. The van der Waals surface area contributed by atoms with E-state index in [0.717, 1.165) is 26.2 Å². The summed E-state index contributed by atoms with van der Waals surface area (Å²) >= 11 is 0. The summed E-state index contributed by atoms with van der Waals surface area (Å²) in [6.45, 7) is 9.61. The number of piperidine rings is 1. The van der Waals surface area contributed by atoms with Gasteiger partial charge in [0.25, 0.3) is 0 Å². The van der Waals surface area contributed by atoms with Gasteiger partial charge in [0.2, 0.25) is 5.91 Å². The van der Waals surface area contributed by atoms with Crippen molar-refractivity contribution in [2.45, 2.75) is 52.1 Å². The molecule has 2 atom stereocenters. The Bertz CT molecular complexity index is 223. The van der Waals surface area contributed by atoms with E-state index in [4.69, 9.17) is 0 Å². The van der Waals surface area contributed by atoms with Crippen LogP contribution in [0.3, 0.4) is 0 Å². The Morgan fingerprint density at radius 1 is 1.41 bits per heavy atom. The van der Waals surface area contributed by atoms with Gasteiger partial charge < -0.3 is 15.5 Å². The zero-order valence-corrected chi connectivity index (χ0v) is 11.5. The van der Waals surface area contributed by atoms with E-state index in [0.29, 0.717) is 6.04 Å². The van der Waals surface area contributed by atoms with E-state index in [-0.39, 0.29) is 11.9 Å². The minimum atomic E-state index is -0.0707. The normalized spacial score (nSPS) is 22.2. The summed E-state index contributed by atoms with van der Waals surface area (Å²) < 4.78 is 0. The van der Waals surface area contributed by atoms with Gasteiger partial charge in [-0.25, -0.2) is 0 Å². The maximum absolute atomic E-state index is 12.0. The molecule has 4 nitrogen and oxygen atoms in total. The quantitative estimate of drug-likeness (QED) is 0.728. The molecule has 100 valence electrons. The third kappa shape index (κ3) is 4.64. The molecular formula is C13H27N3O. The van der Waals surface area contributed by atoms with Crippen LogP contribution in [0.4, 0.5) is 0 Å². The lowest BCUT2D eigenvalue weighted by Crippen LogP contribution is -2.49. The molecule has 1 aliphatic rings. The van der Waals surface area contributed by atoms with Crippen LogP contribution in [0.25, 0.3) is 0 Å². The van der Waals surface area contributed by atoms with Crippen LogP contribution in [-0.4, -0.2) is 49.1 Å². The van der Waals surface area contributed by atoms with Crippen LogP contribution < -0.4 is 10.6 Å². The van der Waals surface area contributed by atoms with Gasteiger partial charge in [0, 0.05) is 25.7 Å². The zero-order chi connectivity index (χ0) is 12.7. The maximum atomic E-state index is 12.0. The molecule has 0 aromatic carbocycles. The van der Waals surface area contributed by atoms with Crippen molar-refractivity contribution in [2.75, 3.05) is 26.2 Å². The summed E-state index contributed by atoms with van der Waals surface area (Å²) in [5.74, 6) is 0.214. The van der Waals surface area contributed by atoms with Gasteiger partial charge >= 0.3 is 0 Å². The number of hydrogen-bond acceptors (Lipinski definition) is 3. The molecule has 17 heavy (non-hydrogen) atoms. The highest BCUT2D eigenvalue weighted by atomic mass is 16.2. The monoisotopic (exact) mass is 241 g/mol. The van der Waals surface area contributed by atoms with Crippen molar-refractivity contribution in [1.29, 1.82) is 0 Å². The van der Waals surface area contributed by atoms with Crippen LogP contribution in [0.2, 0.25) is 0 Å². The fourth-order valence-corrected chi connectivity index (χ4v) is 2.31. The average Bonchev–Trinajstić information content (AvgIpc) is 2.38. The molecular weight excluding hydrogens is 214 g/mol. The molecule has 2 unspecified atom stereocenters. The molecule has 1 saturated heterocycles. The summed E-state index contributed by atoms with van der Waals surface area (Å²) in [5, 5.41) is 6.83. The first-order valence-corrected chi connectivity index (χ1v) is 6.94. The van der Waals surface area contributed by atoms with Crippen molar-refractivity contribution in [3.8, 4) is 0 Å². The van der Waals surface area contributed by atoms with E-state index in [1.54, 1.807) is 0 Å². The number of amides is 1. The van der Waals surface area contributed by atoms with E-state index in [1.807, 2.05) is 25.7 Å². The molecule has 0 spiro atoms. The van der Waals surface area contributed by atoms with Crippen molar-refractivity contribution in [3.63, 3.8) is 0 Å². The Morgan fingerprint density at radius 3 is 2.65 bits per heavy atom. The molecule has 2 N–H and O–H groups in total. The molecule has 1 amide bonds. The lowest BCUT2D eigenvalue weighted by molar-refractivity contribution is -0.132. The number of nitrogens with zero attached hydrogens (tertiary/aromatic N) is 1. The van der Waals surface area contributed by atoms with Crippen LogP contribution in [0, 0.1) is 0 Å². The SMILES string of the molecule is CCN(CC)C(=O)C(C)NCC1CCCCN1. The second-order valence-corrected chi connectivity index (χ2v) is 4.79. The minimum absolute atomic E-state index is 0.0707. The van der Waals surface area contributed by atoms with E-state index >= 15 is 0 Å². The number of carbonyl (C=O) groups excluding carboxylic acids is 1. The Balaban J connectivity index is 2.27. The third-order valence-corrected chi connectivity index (χ3v) is 3.53. The molecule has 1 aliphatic heterocycles. The Kier molecular flexibility index (Phi) is 6.52. The molecule has 0 radical (unpaired) electrons. The largest absolute Gasteiger partial charge is 0.342 e. The molecule has 1 rings (SSSR count). The number of carbonyl (C=O) groups is 1. The van der Waals surface area contributed by atoms with Gasteiger partial charge in [-0.05, 0) is 40.2 Å². The molecule has 0 bridgehead atoms. The minimum Gasteiger partial charge on any atom is -0.342 e. The predicted octanol–water partition coefficient (Wildman–Crippen LogP) is 0.975. The summed E-state index contributed by atoms with van der Waals surface area (Å²) in [5.41, 5.74) is 0. The number of hydrogen-bond donors (Lipinski definition) is 2. The van der Waals surface area contributed by atoms with Crippen LogP contribution >= 0.6 is 0 Å². The highest BCUT2D eigenvalue weighted by Crippen LogP contribution is 2.06. The second-order valence-electron chi connectivity index (χ2n) is 4.79. The Labute approximate surface area is 105 Å². The van der Waals surface area contributed by atoms with Gasteiger partial charge in [-0.3, -0.25) is 4.79 Å². The number of rotatable bonds is 6. The molecule has 0 aromatic heterocycles. The van der Waals surface area contributed by atoms with Crippen LogP contribution in [0.1, 0.15) is 40.0 Å².